The Morgan fingerprint density at radius 1 is 0.700 bits per heavy atom. The maximum absolute atomic E-state index is 4.07. The van der Waals surface area contributed by atoms with Gasteiger partial charge in [0.05, 0.1) is 0 Å². The van der Waals surface area contributed by atoms with Crippen molar-refractivity contribution in [1.82, 2.24) is 0 Å². The minimum Gasteiger partial charge on any atom is -0.103 e. The molecule has 0 N–H and O–H groups in total. The van der Waals surface area contributed by atoms with Gasteiger partial charge in [-0.3, -0.25) is 0 Å². The lowest BCUT2D eigenvalue weighted by Crippen LogP contribution is -1.84. The molecule has 0 aromatic carbocycles. The van der Waals surface area contributed by atoms with Crippen LogP contribution in [0.4, 0.5) is 0 Å². The van der Waals surface area contributed by atoms with E-state index in [2.05, 4.69) is 20.1 Å². The molecule has 0 rings (SSSR count). The topological polar surface area (TPSA) is 0 Å². The predicted molar refractivity (Wildman–Crippen MR) is 94.3 cm³/mol. The van der Waals surface area contributed by atoms with E-state index in [9.17, 15) is 0 Å². The summed E-state index contributed by atoms with van der Waals surface area (Å²) in [6.45, 7) is 10.0. The first-order valence-electron chi connectivity index (χ1n) is 9.08. The lowest BCUT2D eigenvalue weighted by Gasteiger charge is -2.04. The Labute approximate surface area is 128 Å². The van der Waals surface area contributed by atoms with Gasteiger partial charge in [0, 0.05) is 0 Å². The average molecular weight is 279 g/mol. The predicted octanol–water partition coefficient (Wildman–Crippen LogP) is 7.60. The van der Waals surface area contributed by atoms with Crippen molar-refractivity contribution in [1.29, 1.82) is 0 Å². The maximum atomic E-state index is 4.07. The van der Waals surface area contributed by atoms with Crippen LogP contribution in [0.1, 0.15) is 103 Å². The molecule has 0 spiro atoms. The van der Waals surface area contributed by atoms with E-state index in [0.29, 0.717) is 0 Å². The van der Waals surface area contributed by atoms with Crippen molar-refractivity contribution in [2.45, 2.75) is 103 Å². The Hall–Kier alpha value is -0.520. The van der Waals surface area contributed by atoms with Gasteiger partial charge < -0.3 is 0 Å². The molecule has 0 aliphatic heterocycles. The monoisotopic (exact) mass is 278 g/mol. The highest BCUT2D eigenvalue weighted by Crippen LogP contribution is 2.14. The van der Waals surface area contributed by atoms with Gasteiger partial charge in [0.1, 0.15) is 0 Å². The summed E-state index contributed by atoms with van der Waals surface area (Å²) >= 11 is 0. The van der Waals surface area contributed by atoms with Crippen LogP contribution >= 0.6 is 0 Å². The Balaban J connectivity index is 2.99. The lowest BCUT2D eigenvalue weighted by molar-refractivity contribution is 0.541. The lowest BCUT2D eigenvalue weighted by atomic mass is 10.0. The van der Waals surface area contributed by atoms with Crippen LogP contribution in [0.3, 0.4) is 0 Å². The average Bonchev–Trinajstić information content (AvgIpc) is 2.47. The van der Waals surface area contributed by atoms with Crippen molar-refractivity contribution in [2.24, 2.45) is 0 Å². The summed E-state index contributed by atoms with van der Waals surface area (Å²) in [5, 5.41) is 0. The third-order valence-electron chi connectivity index (χ3n) is 4.19. The van der Waals surface area contributed by atoms with Crippen molar-refractivity contribution in [3.05, 3.63) is 24.8 Å². The highest BCUT2D eigenvalue weighted by Gasteiger charge is 1.95. The fraction of sp³-hybridized carbons (Fsp3) is 0.800. The molecule has 0 heterocycles. The van der Waals surface area contributed by atoms with Crippen molar-refractivity contribution < 1.29 is 0 Å². The zero-order valence-electron chi connectivity index (χ0n) is 14.1. The molecule has 0 aromatic heterocycles. The molecule has 118 valence electrons. The highest BCUT2D eigenvalue weighted by molar-refractivity contribution is 4.91. The normalized spacial score (nSPS) is 10.7. The smallest absolute Gasteiger partial charge is 0.0323 e. The molecular weight excluding hydrogens is 240 g/mol. The minimum absolute atomic E-state index is 1.16. The Morgan fingerprint density at radius 3 is 1.50 bits per heavy atom. The standard InChI is InChI=1S/C20H38/c1-4-6-7-8-9-10-11-12-13-14-15-16-17-18-19-20(3)5-2/h4H,1,3,5-19H2,2H3. The number of allylic oxidation sites excluding steroid dienone is 2. The van der Waals surface area contributed by atoms with Gasteiger partial charge in [0.25, 0.3) is 0 Å². The quantitative estimate of drug-likeness (QED) is 0.201. The van der Waals surface area contributed by atoms with E-state index in [1.54, 1.807) is 0 Å². The number of hydrogen-bond acceptors (Lipinski definition) is 0. The summed E-state index contributed by atoms with van der Waals surface area (Å²) in [6.07, 6.45) is 22.7. The van der Waals surface area contributed by atoms with E-state index in [4.69, 9.17) is 0 Å². The van der Waals surface area contributed by atoms with Gasteiger partial charge in [-0.25, -0.2) is 0 Å². The molecule has 0 atom stereocenters. The van der Waals surface area contributed by atoms with Crippen molar-refractivity contribution in [3.8, 4) is 0 Å². The molecule has 0 saturated heterocycles. The van der Waals surface area contributed by atoms with Gasteiger partial charge in [-0.2, -0.15) is 0 Å². The SMILES string of the molecule is C=CCCCCCCCCCCCCCCC(=C)CC. The van der Waals surface area contributed by atoms with Gasteiger partial charge in [0.15, 0.2) is 0 Å². The van der Waals surface area contributed by atoms with Crippen LogP contribution in [0.5, 0.6) is 0 Å². The first-order chi connectivity index (χ1) is 9.81. The zero-order valence-corrected chi connectivity index (χ0v) is 14.1. The third kappa shape index (κ3) is 15.5. The van der Waals surface area contributed by atoms with E-state index >= 15 is 0 Å². The second-order valence-electron chi connectivity index (χ2n) is 6.17. The molecule has 0 unspecified atom stereocenters. The first kappa shape index (κ1) is 19.5. The van der Waals surface area contributed by atoms with E-state index in [1.807, 2.05) is 6.08 Å². The number of unbranched alkanes of at least 4 members (excludes halogenated alkanes) is 12. The van der Waals surface area contributed by atoms with E-state index in [1.165, 1.54) is 95.5 Å². The summed E-state index contributed by atoms with van der Waals surface area (Å²) in [4.78, 5) is 0. The molecule has 0 bridgehead atoms. The third-order valence-corrected chi connectivity index (χ3v) is 4.19. The number of rotatable bonds is 16. The molecule has 0 nitrogen and oxygen atoms in total. The molecule has 0 heteroatoms. The zero-order chi connectivity index (χ0) is 14.9. The number of hydrogen-bond donors (Lipinski definition) is 0. The van der Waals surface area contributed by atoms with Gasteiger partial charge in [-0.15, -0.1) is 6.58 Å². The minimum atomic E-state index is 1.16. The maximum Gasteiger partial charge on any atom is -0.0323 e. The van der Waals surface area contributed by atoms with Crippen LogP contribution in [0, 0.1) is 0 Å². The van der Waals surface area contributed by atoms with Gasteiger partial charge in [0.2, 0.25) is 0 Å². The molecule has 0 amide bonds. The van der Waals surface area contributed by atoms with Crippen molar-refractivity contribution in [3.63, 3.8) is 0 Å². The molecule has 20 heavy (non-hydrogen) atoms. The van der Waals surface area contributed by atoms with Gasteiger partial charge in [-0.1, -0.05) is 89.4 Å². The molecule has 0 aliphatic rings. The van der Waals surface area contributed by atoms with Crippen LogP contribution in [-0.4, -0.2) is 0 Å². The van der Waals surface area contributed by atoms with Crippen LogP contribution in [-0.2, 0) is 0 Å². The van der Waals surface area contributed by atoms with Crippen LogP contribution in [0.15, 0.2) is 24.8 Å². The fourth-order valence-electron chi connectivity index (χ4n) is 2.61. The Morgan fingerprint density at radius 2 is 1.10 bits per heavy atom. The summed E-state index contributed by atoms with van der Waals surface area (Å²) in [6, 6.07) is 0. The van der Waals surface area contributed by atoms with E-state index in [0.717, 1.165) is 6.42 Å². The first-order valence-corrected chi connectivity index (χ1v) is 9.08. The van der Waals surface area contributed by atoms with Gasteiger partial charge in [-0.05, 0) is 32.1 Å². The van der Waals surface area contributed by atoms with E-state index in [-0.39, 0.29) is 0 Å². The second kappa shape index (κ2) is 16.5. The van der Waals surface area contributed by atoms with Crippen LogP contribution in [0.2, 0.25) is 0 Å². The van der Waals surface area contributed by atoms with Crippen LogP contribution in [0.25, 0.3) is 0 Å². The van der Waals surface area contributed by atoms with Gasteiger partial charge >= 0.3 is 0 Å². The summed E-state index contributed by atoms with van der Waals surface area (Å²) in [5.74, 6) is 0. The highest BCUT2D eigenvalue weighted by atomic mass is 14.0. The summed E-state index contributed by atoms with van der Waals surface area (Å²) in [5.41, 5.74) is 1.43. The fourth-order valence-corrected chi connectivity index (χ4v) is 2.61. The molecule has 0 saturated carbocycles. The molecule has 0 fully saturated rings. The molecule has 0 radical (unpaired) electrons. The Kier molecular flexibility index (Phi) is 16.1. The summed E-state index contributed by atoms with van der Waals surface area (Å²) in [7, 11) is 0. The molecule has 0 aromatic rings. The summed E-state index contributed by atoms with van der Waals surface area (Å²) < 4.78 is 0. The van der Waals surface area contributed by atoms with E-state index < -0.39 is 0 Å². The largest absolute Gasteiger partial charge is 0.103 e. The second-order valence-corrected chi connectivity index (χ2v) is 6.17. The molecular formula is C20H38. The Bertz CT molecular complexity index is 214. The molecule has 0 aliphatic carbocycles. The van der Waals surface area contributed by atoms with Crippen molar-refractivity contribution >= 4 is 0 Å². The van der Waals surface area contributed by atoms with Crippen molar-refractivity contribution in [2.75, 3.05) is 0 Å². The van der Waals surface area contributed by atoms with Crippen LogP contribution < -0.4 is 0 Å².